The molecular weight excluding hydrogens is 698 g/mol. The molecule has 0 aliphatic carbocycles. The summed E-state index contributed by atoms with van der Waals surface area (Å²) in [6.07, 6.45) is 2.34. The van der Waals surface area contributed by atoms with Crippen LogP contribution in [-0.4, -0.2) is 113 Å². The summed E-state index contributed by atoms with van der Waals surface area (Å²) < 4.78 is 12.4. The number of ether oxygens (including phenoxy) is 2. The van der Waals surface area contributed by atoms with Gasteiger partial charge in [-0.3, -0.25) is 24.0 Å². The minimum absolute atomic E-state index is 0.0632. The largest absolute Gasteiger partial charge is 0.492 e. The van der Waals surface area contributed by atoms with Gasteiger partial charge in [0.05, 0.1) is 25.9 Å². The van der Waals surface area contributed by atoms with E-state index < -0.39 is 65.7 Å². The molecule has 288 valence electrons. The van der Waals surface area contributed by atoms with Crippen LogP contribution in [0.5, 0.6) is 5.75 Å². The van der Waals surface area contributed by atoms with Crippen LogP contribution in [0.25, 0.3) is 0 Å². The van der Waals surface area contributed by atoms with Crippen molar-refractivity contribution in [2.24, 2.45) is 0 Å². The molecule has 1 aromatic heterocycles. The number of carbonyl (C=O) groups excluding carboxylic acids is 6. The maximum absolute atomic E-state index is 14.1. The molecule has 17 nitrogen and oxygen atoms in total. The lowest BCUT2D eigenvalue weighted by Gasteiger charge is -2.30. The van der Waals surface area contributed by atoms with E-state index in [4.69, 9.17) is 9.47 Å². The molecule has 5 atom stereocenters. The van der Waals surface area contributed by atoms with Crippen LogP contribution in [-0.2, 0) is 52.9 Å². The lowest BCUT2D eigenvalue weighted by molar-refractivity contribution is -0.145. The minimum Gasteiger partial charge on any atom is -0.492 e. The third-order valence-corrected chi connectivity index (χ3v) is 9.42. The molecule has 4 bridgehead atoms. The number of methoxy groups -OCH3 is 1. The predicted molar refractivity (Wildman–Crippen MR) is 195 cm³/mol. The Morgan fingerprint density at radius 1 is 1.00 bits per heavy atom. The summed E-state index contributed by atoms with van der Waals surface area (Å²) in [4.78, 5) is 82.4. The van der Waals surface area contributed by atoms with E-state index in [2.05, 4.69) is 36.9 Å². The number of fused-ring (bicyclic) bond motifs is 15. The number of amides is 5. The van der Waals surface area contributed by atoms with Crippen LogP contribution in [0.2, 0.25) is 0 Å². The molecule has 2 aromatic carbocycles. The van der Waals surface area contributed by atoms with Crippen molar-refractivity contribution >= 4 is 41.3 Å². The maximum atomic E-state index is 14.1. The van der Waals surface area contributed by atoms with Crippen LogP contribution in [0.3, 0.4) is 0 Å². The number of nitrogens with zero attached hydrogens (tertiary/aromatic N) is 4. The number of aromatic nitrogens is 3. The van der Waals surface area contributed by atoms with E-state index in [0.717, 1.165) is 11.1 Å². The molecule has 0 radical (unpaired) electrons. The SMILES string of the molecule is CN[C@@H](C)C(=O)N[C@H]1CCC(=O)Nc2cn(nn2)CCOc2ccc(cc2)C[C@@H](C(=O)OC)NC(=O)[C@H](Cc2ccccc2)NC(=O)[C@@H]2CCCN2C1=O. The Morgan fingerprint density at radius 2 is 1.76 bits per heavy atom. The molecule has 0 spiro atoms. The Balaban J connectivity index is 1.44. The second kappa shape index (κ2) is 18.8. The van der Waals surface area contributed by atoms with Gasteiger partial charge in [0.2, 0.25) is 29.5 Å². The quantitative estimate of drug-likeness (QED) is 0.214. The summed E-state index contributed by atoms with van der Waals surface area (Å²) in [5.41, 5.74) is 1.48. The van der Waals surface area contributed by atoms with Crippen LogP contribution in [0.15, 0.2) is 60.8 Å². The molecule has 5 N–H and O–H groups in total. The van der Waals surface area contributed by atoms with Gasteiger partial charge in [0.25, 0.3) is 0 Å². The lowest BCUT2D eigenvalue weighted by atomic mass is 10.0. The first kappa shape index (κ1) is 39.4. The number of hydrogen-bond acceptors (Lipinski definition) is 11. The summed E-state index contributed by atoms with van der Waals surface area (Å²) in [5, 5.41) is 21.9. The van der Waals surface area contributed by atoms with E-state index in [-0.39, 0.29) is 44.7 Å². The smallest absolute Gasteiger partial charge is 0.328 e. The van der Waals surface area contributed by atoms with E-state index in [1.807, 2.05) is 30.3 Å². The maximum Gasteiger partial charge on any atom is 0.328 e. The number of rotatable bonds is 6. The van der Waals surface area contributed by atoms with Crippen LogP contribution < -0.4 is 31.3 Å². The van der Waals surface area contributed by atoms with Crippen molar-refractivity contribution in [3.8, 4) is 5.75 Å². The molecule has 17 heteroatoms. The fourth-order valence-electron chi connectivity index (χ4n) is 6.28. The topological polar surface area (TPSA) is 215 Å². The van der Waals surface area contributed by atoms with E-state index in [1.165, 1.54) is 16.7 Å². The molecule has 5 amide bonds. The van der Waals surface area contributed by atoms with E-state index in [0.29, 0.717) is 25.1 Å². The monoisotopic (exact) mass is 745 g/mol. The molecule has 0 unspecified atom stereocenters. The normalized spacial score (nSPS) is 22.3. The molecule has 6 rings (SSSR count). The summed E-state index contributed by atoms with van der Waals surface area (Å²) >= 11 is 0. The Hall–Kier alpha value is -5.84. The number of nitrogens with one attached hydrogen (secondary N) is 5. The van der Waals surface area contributed by atoms with E-state index in [1.54, 1.807) is 44.4 Å². The van der Waals surface area contributed by atoms with Gasteiger partial charge >= 0.3 is 5.97 Å². The molecule has 54 heavy (non-hydrogen) atoms. The molecule has 4 heterocycles. The fourth-order valence-corrected chi connectivity index (χ4v) is 6.28. The van der Waals surface area contributed by atoms with Crippen molar-refractivity contribution in [3.05, 3.63) is 71.9 Å². The Bertz CT molecular complexity index is 1780. The highest BCUT2D eigenvalue weighted by atomic mass is 16.5. The highest BCUT2D eigenvalue weighted by molar-refractivity contribution is 5.96. The zero-order chi connectivity index (χ0) is 38.6. The van der Waals surface area contributed by atoms with Crippen molar-refractivity contribution in [1.29, 1.82) is 0 Å². The molecule has 3 aliphatic heterocycles. The lowest BCUT2D eigenvalue weighted by Crippen LogP contribution is -2.58. The van der Waals surface area contributed by atoms with Gasteiger partial charge in [0.1, 0.15) is 36.5 Å². The zero-order valence-electron chi connectivity index (χ0n) is 30.6. The summed E-state index contributed by atoms with van der Waals surface area (Å²) in [6.45, 7) is 2.41. The Kier molecular flexibility index (Phi) is 13.7. The predicted octanol–water partition coefficient (Wildman–Crippen LogP) is 0.101. The average Bonchev–Trinajstić information content (AvgIpc) is 3.85. The second-order valence-corrected chi connectivity index (χ2v) is 13.2. The molecule has 3 aromatic rings. The van der Waals surface area contributed by atoms with E-state index in [9.17, 15) is 28.8 Å². The molecule has 1 fully saturated rings. The first-order valence-corrected chi connectivity index (χ1v) is 18.0. The van der Waals surface area contributed by atoms with Gasteiger partial charge in [0, 0.05) is 25.8 Å². The van der Waals surface area contributed by atoms with Crippen LogP contribution >= 0.6 is 0 Å². The van der Waals surface area contributed by atoms with Gasteiger partial charge in [-0.05, 0) is 56.5 Å². The van der Waals surface area contributed by atoms with Crippen molar-refractivity contribution in [3.63, 3.8) is 0 Å². The van der Waals surface area contributed by atoms with Crippen LogP contribution in [0.1, 0.15) is 43.7 Å². The summed E-state index contributed by atoms with van der Waals surface area (Å²) in [6, 6.07) is 11.2. The number of benzene rings is 2. The molecule has 3 aliphatic rings. The summed E-state index contributed by atoms with van der Waals surface area (Å²) in [5.74, 6) is -2.53. The third-order valence-electron chi connectivity index (χ3n) is 9.42. The summed E-state index contributed by atoms with van der Waals surface area (Å²) in [7, 11) is 2.83. The van der Waals surface area contributed by atoms with Crippen LogP contribution in [0, 0.1) is 0 Å². The van der Waals surface area contributed by atoms with Crippen molar-refractivity contribution in [2.45, 2.75) is 82.2 Å². The first-order chi connectivity index (χ1) is 26.0. The van der Waals surface area contributed by atoms with Gasteiger partial charge in [-0.15, -0.1) is 5.10 Å². The van der Waals surface area contributed by atoms with Gasteiger partial charge in [-0.25, -0.2) is 9.48 Å². The third kappa shape index (κ3) is 10.6. The minimum atomic E-state index is -1.13. The number of likely N-dealkylation sites (N-methyl/N-ethyl adjacent to an activating group) is 1. The molecule has 0 saturated carbocycles. The van der Waals surface area contributed by atoms with Gasteiger partial charge < -0.3 is 41.0 Å². The number of esters is 1. The zero-order valence-corrected chi connectivity index (χ0v) is 30.6. The molecule has 1 saturated heterocycles. The Morgan fingerprint density at radius 3 is 2.48 bits per heavy atom. The van der Waals surface area contributed by atoms with E-state index >= 15 is 0 Å². The standard InChI is InChI=1S/C37H47N9O8/c1-23(38-2)33(48)39-27-15-16-32(47)42-31-22-45(44-43-31)18-19-54-26-13-11-25(12-14-26)21-29(37(52)53-3)41-34(49)28(20-24-8-5-4-6-9-24)40-35(50)30-10-7-17-46(30)36(27)51/h4-6,8-9,11-14,22-23,27-30,38H,7,10,15-21H2,1-3H3,(H,39,48)(H,40,50)(H,41,49)(H,42,47)/t23-,27-,28-,29-,30-/m0/s1. The Labute approximate surface area is 312 Å². The van der Waals surface area contributed by atoms with Gasteiger partial charge in [-0.2, -0.15) is 0 Å². The van der Waals surface area contributed by atoms with Gasteiger partial charge in [0.15, 0.2) is 5.82 Å². The fraction of sp³-hybridized carbons (Fsp3) is 0.459. The second-order valence-electron chi connectivity index (χ2n) is 13.2. The average molecular weight is 746 g/mol. The first-order valence-electron chi connectivity index (χ1n) is 18.0. The van der Waals surface area contributed by atoms with Crippen molar-refractivity contribution in [2.75, 3.05) is 32.6 Å². The van der Waals surface area contributed by atoms with Crippen molar-refractivity contribution < 1.29 is 38.2 Å². The highest BCUT2D eigenvalue weighted by Gasteiger charge is 2.39. The van der Waals surface area contributed by atoms with Gasteiger partial charge in [-0.1, -0.05) is 47.7 Å². The number of carbonyl (C=O) groups is 6. The van der Waals surface area contributed by atoms with Crippen LogP contribution in [0.4, 0.5) is 5.82 Å². The molecular formula is C37H47N9O8. The van der Waals surface area contributed by atoms with Crippen molar-refractivity contribution in [1.82, 2.24) is 41.2 Å². The highest BCUT2D eigenvalue weighted by Crippen LogP contribution is 2.21. The number of anilines is 1. The number of hydrogen-bond donors (Lipinski definition) is 5.